The molecule has 0 aromatic carbocycles. The minimum atomic E-state index is -4.22. The van der Waals surface area contributed by atoms with Gasteiger partial charge in [0.05, 0.1) is 12.4 Å². The van der Waals surface area contributed by atoms with Gasteiger partial charge in [-0.25, -0.2) is 13.9 Å². The van der Waals surface area contributed by atoms with Crippen molar-refractivity contribution in [2.24, 2.45) is 0 Å². The highest BCUT2D eigenvalue weighted by Gasteiger charge is 2.12. The lowest BCUT2D eigenvalue weighted by molar-refractivity contribution is 0.206. The standard InChI is InChI=1S/C6H4ClFN2O4S/c7-15(12,13)10-6(11)14-5-1-4(8)2-9-3-5/h1-3H,(H,10,11). The van der Waals surface area contributed by atoms with Crippen molar-refractivity contribution in [1.29, 1.82) is 0 Å². The first kappa shape index (κ1) is 11.7. The second kappa shape index (κ2) is 4.41. The number of amides is 1. The Morgan fingerprint density at radius 3 is 2.73 bits per heavy atom. The molecule has 0 bridgehead atoms. The summed E-state index contributed by atoms with van der Waals surface area (Å²) in [6, 6.07) is 0.855. The molecule has 9 heteroatoms. The molecule has 6 nitrogen and oxygen atoms in total. The van der Waals surface area contributed by atoms with Crippen LogP contribution in [0.5, 0.6) is 5.75 Å². The molecule has 1 N–H and O–H groups in total. The van der Waals surface area contributed by atoms with Gasteiger partial charge in [0.15, 0.2) is 5.75 Å². The first-order valence-corrected chi connectivity index (χ1v) is 5.72. The van der Waals surface area contributed by atoms with E-state index in [-0.39, 0.29) is 5.75 Å². The summed E-state index contributed by atoms with van der Waals surface area (Å²) in [6.07, 6.45) is 0.574. The third-order valence-corrected chi connectivity index (χ3v) is 1.74. The van der Waals surface area contributed by atoms with Crippen LogP contribution in [0.25, 0.3) is 0 Å². The smallest absolute Gasteiger partial charge is 0.408 e. The van der Waals surface area contributed by atoms with E-state index < -0.39 is 21.1 Å². The molecule has 15 heavy (non-hydrogen) atoms. The molecule has 1 rings (SSSR count). The van der Waals surface area contributed by atoms with Crippen LogP contribution in [0.3, 0.4) is 0 Å². The van der Waals surface area contributed by atoms with E-state index >= 15 is 0 Å². The van der Waals surface area contributed by atoms with Crippen molar-refractivity contribution in [3.05, 3.63) is 24.3 Å². The number of hydrogen-bond acceptors (Lipinski definition) is 5. The third kappa shape index (κ3) is 4.56. The number of halogens is 2. The topological polar surface area (TPSA) is 85.4 Å². The van der Waals surface area contributed by atoms with E-state index in [9.17, 15) is 17.6 Å². The number of carbonyl (C=O) groups is 1. The van der Waals surface area contributed by atoms with Crippen LogP contribution in [0.4, 0.5) is 9.18 Å². The Hall–Kier alpha value is -1.41. The van der Waals surface area contributed by atoms with Crippen LogP contribution in [-0.4, -0.2) is 19.5 Å². The highest BCUT2D eigenvalue weighted by atomic mass is 35.7. The molecule has 0 fully saturated rings. The number of ether oxygens (including phenoxy) is 1. The van der Waals surface area contributed by atoms with Crippen molar-refractivity contribution in [2.75, 3.05) is 0 Å². The van der Waals surface area contributed by atoms with Gasteiger partial charge >= 0.3 is 15.3 Å². The minimum absolute atomic E-state index is 0.243. The van der Waals surface area contributed by atoms with Gasteiger partial charge in [-0.15, -0.1) is 0 Å². The largest absolute Gasteiger partial charge is 0.427 e. The number of pyridine rings is 1. The molecular formula is C6H4ClFN2O4S. The second-order valence-electron chi connectivity index (χ2n) is 2.27. The highest BCUT2D eigenvalue weighted by molar-refractivity contribution is 8.12. The van der Waals surface area contributed by atoms with Gasteiger partial charge in [0.1, 0.15) is 5.82 Å². The van der Waals surface area contributed by atoms with Crippen LogP contribution in [0.1, 0.15) is 0 Å². The van der Waals surface area contributed by atoms with Crippen molar-refractivity contribution in [3.63, 3.8) is 0 Å². The molecule has 0 saturated carbocycles. The van der Waals surface area contributed by atoms with Gasteiger partial charge in [-0.3, -0.25) is 4.98 Å². The fraction of sp³-hybridized carbons (Fsp3) is 0. The van der Waals surface area contributed by atoms with Crippen LogP contribution in [0, 0.1) is 5.82 Å². The first-order valence-electron chi connectivity index (χ1n) is 3.41. The summed E-state index contributed by atoms with van der Waals surface area (Å²) in [7, 11) is 0.476. The van der Waals surface area contributed by atoms with E-state index in [2.05, 4.69) is 9.72 Å². The molecule has 1 aromatic rings. The Morgan fingerprint density at radius 2 is 2.20 bits per heavy atom. The Labute approximate surface area is 88.6 Å². The Kier molecular flexibility index (Phi) is 3.43. The minimum Gasteiger partial charge on any atom is -0.408 e. The Bertz CT molecular complexity index is 478. The number of carbonyl (C=O) groups excluding carboxylic acids is 1. The SMILES string of the molecule is O=C(NS(=O)(=O)Cl)Oc1cncc(F)c1. The zero-order chi connectivity index (χ0) is 11.5. The molecule has 0 aliphatic carbocycles. The summed E-state index contributed by atoms with van der Waals surface area (Å²) in [5.41, 5.74) is 0. The fourth-order valence-electron chi connectivity index (χ4n) is 0.676. The average Bonchev–Trinajstić information content (AvgIpc) is 1.99. The lowest BCUT2D eigenvalue weighted by Gasteiger charge is -2.02. The van der Waals surface area contributed by atoms with E-state index in [0.717, 1.165) is 18.5 Å². The predicted molar refractivity (Wildman–Crippen MR) is 48.1 cm³/mol. The maximum Gasteiger partial charge on any atom is 0.427 e. The molecule has 0 saturated heterocycles. The van der Waals surface area contributed by atoms with Gasteiger partial charge in [0.25, 0.3) is 0 Å². The summed E-state index contributed by atoms with van der Waals surface area (Å²) in [5.74, 6) is -0.971. The van der Waals surface area contributed by atoms with Gasteiger partial charge < -0.3 is 4.74 Å². The molecule has 0 aliphatic heterocycles. The van der Waals surface area contributed by atoms with Gasteiger partial charge in [0, 0.05) is 16.7 Å². The van der Waals surface area contributed by atoms with Gasteiger partial charge in [-0.05, 0) is 0 Å². The van der Waals surface area contributed by atoms with E-state index in [1.54, 1.807) is 0 Å². The third-order valence-electron chi connectivity index (χ3n) is 1.10. The van der Waals surface area contributed by atoms with Crippen molar-refractivity contribution < 1.29 is 22.3 Å². The van der Waals surface area contributed by atoms with Crippen molar-refractivity contribution in [1.82, 2.24) is 9.71 Å². The van der Waals surface area contributed by atoms with E-state index in [1.807, 2.05) is 0 Å². The molecule has 1 amide bonds. The highest BCUT2D eigenvalue weighted by Crippen LogP contribution is 2.09. The summed E-state index contributed by atoms with van der Waals surface area (Å²) >= 11 is 0. The summed E-state index contributed by atoms with van der Waals surface area (Å²) in [5, 5.41) is 0. The zero-order valence-corrected chi connectivity index (χ0v) is 8.55. The van der Waals surface area contributed by atoms with E-state index in [1.165, 1.54) is 4.72 Å². The van der Waals surface area contributed by atoms with Crippen LogP contribution < -0.4 is 9.46 Å². The van der Waals surface area contributed by atoms with Crippen LogP contribution >= 0.6 is 10.7 Å². The maximum atomic E-state index is 12.5. The summed E-state index contributed by atoms with van der Waals surface area (Å²) < 4.78 is 38.9. The molecule has 0 aliphatic rings. The van der Waals surface area contributed by atoms with Gasteiger partial charge in [-0.2, -0.15) is 8.42 Å². The van der Waals surface area contributed by atoms with Crippen molar-refractivity contribution in [2.45, 2.75) is 0 Å². The number of nitrogens with one attached hydrogen (secondary N) is 1. The van der Waals surface area contributed by atoms with Gasteiger partial charge in [-0.1, -0.05) is 0 Å². The number of aromatic nitrogens is 1. The second-order valence-corrected chi connectivity index (χ2v) is 4.57. The van der Waals surface area contributed by atoms with E-state index in [0.29, 0.717) is 0 Å². The molecule has 0 radical (unpaired) electrons. The van der Waals surface area contributed by atoms with Crippen LogP contribution in [0.15, 0.2) is 18.5 Å². The quantitative estimate of drug-likeness (QED) is 0.789. The van der Waals surface area contributed by atoms with Crippen molar-refractivity contribution in [3.8, 4) is 5.75 Å². The fourth-order valence-corrected chi connectivity index (χ4v) is 1.11. The summed E-state index contributed by atoms with van der Waals surface area (Å²) in [4.78, 5) is 14.2. The lowest BCUT2D eigenvalue weighted by atomic mass is 10.4. The lowest BCUT2D eigenvalue weighted by Crippen LogP contribution is -2.29. The van der Waals surface area contributed by atoms with Crippen molar-refractivity contribution >= 4 is 26.0 Å². The molecule has 82 valence electrons. The Morgan fingerprint density at radius 1 is 1.53 bits per heavy atom. The molecule has 0 unspecified atom stereocenters. The Balaban J connectivity index is 2.67. The monoisotopic (exact) mass is 254 g/mol. The molecular weight excluding hydrogens is 251 g/mol. The van der Waals surface area contributed by atoms with E-state index in [4.69, 9.17) is 10.7 Å². The number of nitrogens with zero attached hydrogens (tertiary/aromatic N) is 1. The normalized spacial score (nSPS) is 10.8. The van der Waals surface area contributed by atoms with Crippen LogP contribution in [0.2, 0.25) is 0 Å². The number of rotatable bonds is 2. The summed E-state index contributed by atoms with van der Waals surface area (Å²) in [6.45, 7) is 0. The van der Waals surface area contributed by atoms with Gasteiger partial charge in [0.2, 0.25) is 0 Å². The molecule has 1 aromatic heterocycles. The zero-order valence-electron chi connectivity index (χ0n) is 6.98. The average molecular weight is 255 g/mol. The first-order chi connectivity index (χ1) is 6.87. The molecule has 1 heterocycles. The number of hydrogen-bond donors (Lipinski definition) is 1. The van der Waals surface area contributed by atoms with Crippen LogP contribution in [-0.2, 0) is 9.24 Å². The molecule has 0 atom stereocenters. The predicted octanol–water partition coefficient (Wildman–Crippen LogP) is 0.793. The maximum absolute atomic E-state index is 12.5. The molecule has 0 spiro atoms.